The summed E-state index contributed by atoms with van der Waals surface area (Å²) in [5.41, 5.74) is 2.16. The van der Waals surface area contributed by atoms with Crippen LogP contribution in [0.5, 0.6) is 0 Å². The van der Waals surface area contributed by atoms with Crippen LogP contribution < -0.4 is 5.32 Å². The Morgan fingerprint density at radius 1 is 1.42 bits per heavy atom. The van der Waals surface area contributed by atoms with Crippen molar-refractivity contribution >= 4 is 28.9 Å². The summed E-state index contributed by atoms with van der Waals surface area (Å²) in [6, 6.07) is 7.78. The third-order valence-electron chi connectivity index (χ3n) is 3.61. The van der Waals surface area contributed by atoms with Crippen LogP contribution >= 0.6 is 22.9 Å². The molecule has 0 saturated heterocycles. The molecule has 1 atom stereocenters. The Kier molecular flexibility index (Phi) is 7.02. The first-order valence-electron chi connectivity index (χ1n) is 7.66. The van der Waals surface area contributed by atoms with Crippen molar-refractivity contribution in [3.05, 3.63) is 50.9 Å². The quantitative estimate of drug-likeness (QED) is 0.625. The molecule has 0 spiro atoms. The second-order valence-corrected chi connectivity index (χ2v) is 6.76. The zero-order chi connectivity index (χ0) is 17.5. The number of guanidine groups is 1. The van der Waals surface area contributed by atoms with E-state index in [2.05, 4.69) is 20.7 Å². The molecule has 1 aromatic carbocycles. The van der Waals surface area contributed by atoms with Crippen molar-refractivity contribution in [3.63, 3.8) is 0 Å². The molecule has 0 saturated carbocycles. The smallest absolute Gasteiger partial charge is 0.194 e. The van der Waals surface area contributed by atoms with Crippen LogP contribution in [0.2, 0.25) is 5.02 Å². The van der Waals surface area contributed by atoms with Gasteiger partial charge < -0.3 is 15.0 Å². The van der Waals surface area contributed by atoms with Crippen LogP contribution in [0.15, 0.2) is 34.6 Å². The Balaban J connectivity index is 1.92. The molecule has 0 aliphatic rings. The van der Waals surface area contributed by atoms with Gasteiger partial charge in [-0.2, -0.15) is 0 Å². The zero-order valence-electron chi connectivity index (χ0n) is 14.4. The Hall–Kier alpha value is -1.63. The van der Waals surface area contributed by atoms with Gasteiger partial charge in [0.15, 0.2) is 5.96 Å². The van der Waals surface area contributed by atoms with E-state index in [1.54, 1.807) is 25.5 Å². The average Bonchev–Trinajstić information content (AvgIpc) is 3.04. The van der Waals surface area contributed by atoms with Gasteiger partial charge >= 0.3 is 0 Å². The number of aliphatic imine (C=N–C) groups is 1. The van der Waals surface area contributed by atoms with Gasteiger partial charge in [-0.25, -0.2) is 4.98 Å². The van der Waals surface area contributed by atoms with Crippen LogP contribution in [0, 0.1) is 0 Å². The van der Waals surface area contributed by atoms with Crippen molar-refractivity contribution in [2.45, 2.75) is 26.1 Å². The van der Waals surface area contributed by atoms with Crippen LogP contribution in [0.25, 0.3) is 0 Å². The summed E-state index contributed by atoms with van der Waals surface area (Å²) in [5.74, 6) is 0.819. The number of thiazole rings is 1. The normalized spacial score (nSPS) is 13.0. The van der Waals surface area contributed by atoms with E-state index in [4.69, 9.17) is 16.3 Å². The van der Waals surface area contributed by atoms with E-state index in [0.717, 1.165) is 27.2 Å². The Morgan fingerprint density at radius 3 is 2.75 bits per heavy atom. The molecule has 130 valence electrons. The second-order valence-electron chi connectivity index (χ2n) is 5.44. The number of nitrogens with zero attached hydrogens (tertiary/aromatic N) is 3. The SMILES string of the molecule is CN=C(NCc1ccc(Cl)cc1)N(C)Cc1csc(C(C)OC)n1. The fourth-order valence-corrected chi connectivity index (χ4v) is 3.14. The lowest BCUT2D eigenvalue weighted by atomic mass is 10.2. The summed E-state index contributed by atoms with van der Waals surface area (Å²) < 4.78 is 5.31. The standard InChI is InChI=1S/C17H23ClN4OS/c1-12(23-4)16-21-15(11-24-16)10-22(3)17(19-2)20-9-13-5-7-14(18)8-6-13/h5-8,11-12H,9-10H2,1-4H3,(H,19,20). The van der Waals surface area contributed by atoms with E-state index in [0.29, 0.717) is 13.1 Å². The summed E-state index contributed by atoms with van der Waals surface area (Å²) in [4.78, 5) is 11.0. The van der Waals surface area contributed by atoms with Crippen molar-refractivity contribution in [2.24, 2.45) is 4.99 Å². The van der Waals surface area contributed by atoms with Gasteiger partial charge in [-0.05, 0) is 24.6 Å². The first kappa shape index (κ1) is 18.7. The fraction of sp³-hybridized carbons (Fsp3) is 0.412. The van der Waals surface area contributed by atoms with E-state index in [1.165, 1.54) is 0 Å². The van der Waals surface area contributed by atoms with Gasteiger partial charge in [-0.15, -0.1) is 11.3 Å². The van der Waals surface area contributed by atoms with Crippen LogP contribution in [0.3, 0.4) is 0 Å². The summed E-state index contributed by atoms with van der Waals surface area (Å²) in [6.07, 6.45) is 0.0244. The van der Waals surface area contributed by atoms with Gasteiger partial charge in [0.05, 0.1) is 12.2 Å². The van der Waals surface area contributed by atoms with Crippen molar-refractivity contribution in [1.82, 2.24) is 15.2 Å². The lowest BCUT2D eigenvalue weighted by Crippen LogP contribution is -2.38. The topological polar surface area (TPSA) is 49.8 Å². The van der Waals surface area contributed by atoms with Gasteiger partial charge in [0.2, 0.25) is 0 Å². The van der Waals surface area contributed by atoms with Gasteiger partial charge in [0, 0.05) is 38.2 Å². The van der Waals surface area contributed by atoms with Crippen LogP contribution in [-0.2, 0) is 17.8 Å². The third kappa shape index (κ3) is 5.19. The first-order valence-corrected chi connectivity index (χ1v) is 8.92. The maximum atomic E-state index is 5.91. The molecule has 0 aliphatic heterocycles. The summed E-state index contributed by atoms with van der Waals surface area (Å²) in [5, 5.41) is 7.14. The minimum absolute atomic E-state index is 0.0244. The van der Waals surface area contributed by atoms with Gasteiger partial charge in [0.25, 0.3) is 0 Å². The largest absolute Gasteiger partial charge is 0.375 e. The van der Waals surface area contributed by atoms with Crippen molar-refractivity contribution < 1.29 is 4.74 Å². The number of benzene rings is 1. The highest BCUT2D eigenvalue weighted by Gasteiger charge is 2.12. The monoisotopic (exact) mass is 366 g/mol. The highest BCUT2D eigenvalue weighted by Crippen LogP contribution is 2.20. The van der Waals surface area contributed by atoms with E-state index in [1.807, 2.05) is 43.1 Å². The van der Waals surface area contributed by atoms with Crippen molar-refractivity contribution in [3.8, 4) is 0 Å². The number of rotatable bonds is 6. The van der Waals surface area contributed by atoms with Crippen LogP contribution in [0.4, 0.5) is 0 Å². The number of ether oxygens (including phenoxy) is 1. The molecule has 1 aromatic heterocycles. The summed E-state index contributed by atoms with van der Waals surface area (Å²) in [7, 11) is 5.47. The second kappa shape index (κ2) is 9.01. The lowest BCUT2D eigenvalue weighted by Gasteiger charge is -2.21. The van der Waals surface area contributed by atoms with Gasteiger partial charge in [-0.1, -0.05) is 23.7 Å². The number of methoxy groups -OCH3 is 1. The Labute approximate surface area is 152 Å². The fourth-order valence-electron chi connectivity index (χ4n) is 2.17. The number of halogens is 1. The first-order chi connectivity index (χ1) is 11.5. The average molecular weight is 367 g/mol. The lowest BCUT2D eigenvalue weighted by molar-refractivity contribution is 0.119. The van der Waals surface area contributed by atoms with E-state index >= 15 is 0 Å². The number of hydrogen-bond donors (Lipinski definition) is 1. The number of aromatic nitrogens is 1. The molecule has 0 fully saturated rings. The minimum Gasteiger partial charge on any atom is -0.375 e. The summed E-state index contributed by atoms with van der Waals surface area (Å²) >= 11 is 7.53. The number of hydrogen-bond acceptors (Lipinski definition) is 4. The summed E-state index contributed by atoms with van der Waals surface area (Å²) in [6.45, 7) is 3.38. The highest BCUT2D eigenvalue weighted by molar-refractivity contribution is 7.09. The molecular weight excluding hydrogens is 344 g/mol. The molecule has 1 unspecified atom stereocenters. The molecule has 24 heavy (non-hydrogen) atoms. The maximum Gasteiger partial charge on any atom is 0.194 e. The molecule has 2 aromatic rings. The van der Waals surface area contributed by atoms with E-state index in [9.17, 15) is 0 Å². The predicted octanol–water partition coefficient (Wildman–Crippen LogP) is 3.71. The van der Waals surface area contributed by atoms with E-state index < -0.39 is 0 Å². The number of nitrogens with one attached hydrogen (secondary N) is 1. The molecule has 5 nitrogen and oxygen atoms in total. The van der Waals surface area contributed by atoms with Crippen molar-refractivity contribution in [2.75, 3.05) is 21.2 Å². The zero-order valence-corrected chi connectivity index (χ0v) is 16.0. The molecule has 0 amide bonds. The molecule has 0 bridgehead atoms. The van der Waals surface area contributed by atoms with Gasteiger partial charge in [0.1, 0.15) is 11.1 Å². The third-order valence-corrected chi connectivity index (χ3v) is 4.91. The van der Waals surface area contributed by atoms with Crippen LogP contribution in [0.1, 0.15) is 29.3 Å². The predicted molar refractivity (Wildman–Crippen MR) is 101 cm³/mol. The molecular formula is C17H23ClN4OS. The molecule has 0 aliphatic carbocycles. The van der Waals surface area contributed by atoms with E-state index in [-0.39, 0.29) is 6.10 Å². The molecule has 0 radical (unpaired) electrons. The molecule has 1 heterocycles. The molecule has 1 N–H and O–H groups in total. The molecule has 7 heteroatoms. The minimum atomic E-state index is 0.0244. The van der Waals surface area contributed by atoms with Crippen molar-refractivity contribution in [1.29, 1.82) is 0 Å². The Morgan fingerprint density at radius 2 is 2.12 bits per heavy atom. The molecule has 2 rings (SSSR count). The van der Waals surface area contributed by atoms with Gasteiger partial charge in [-0.3, -0.25) is 4.99 Å². The van der Waals surface area contributed by atoms with Crippen LogP contribution in [-0.4, -0.2) is 37.0 Å². The highest BCUT2D eigenvalue weighted by atomic mass is 35.5. The Bertz CT molecular complexity index is 671. The maximum absolute atomic E-state index is 5.91.